The summed E-state index contributed by atoms with van der Waals surface area (Å²) in [5.41, 5.74) is 1.56. The number of nitrogens with one attached hydrogen (secondary N) is 2. The largest absolute Gasteiger partial charge is 0.495 e. The summed E-state index contributed by atoms with van der Waals surface area (Å²) in [6.45, 7) is 3.71. The highest BCUT2D eigenvalue weighted by Gasteiger charge is 2.07. The van der Waals surface area contributed by atoms with Crippen molar-refractivity contribution in [2.75, 3.05) is 17.7 Å². The highest BCUT2D eigenvalue weighted by atomic mass is 35.5. The van der Waals surface area contributed by atoms with Gasteiger partial charge in [-0.3, -0.25) is 0 Å². The number of halogens is 1. The summed E-state index contributed by atoms with van der Waals surface area (Å²) in [6.07, 6.45) is 0. The predicted molar refractivity (Wildman–Crippen MR) is 92.6 cm³/mol. The fourth-order valence-corrected chi connectivity index (χ4v) is 2.38. The maximum atomic E-state index is 6.13. The van der Waals surface area contributed by atoms with Gasteiger partial charge in [-0.05, 0) is 32.0 Å². The van der Waals surface area contributed by atoms with Crippen LogP contribution >= 0.6 is 11.6 Å². The molecule has 0 spiro atoms. The first-order chi connectivity index (χ1) is 11.5. The van der Waals surface area contributed by atoms with Crippen LogP contribution in [0.15, 0.2) is 34.9 Å². The number of methoxy groups -OCH3 is 1. The van der Waals surface area contributed by atoms with Crippen LogP contribution in [0.5, 0.6) is 5.75 Å². The van der Waals surface area contributed by atoms with E-state index in [2.05, 4.69) is 25.8 Å². The van der Waals surface area contributed by atoms with Crippen molar-refractivity contribution in [3.63, 3.8) is 0 Å². The lowest BCUT2D eigenvalue weighted by atomic mass is 10.3. The Kier molecular flexibility index (Phi) is 4.52. The van der Waals surface area contributed by atoms with Gasteiger partial charge in [0.15, 0.2) is 5.82 Å². The average molecular weight is 346 g/mol. The molecule has 124 valence electrons. The van der Waals surface area contributed by atoms with Crippen LogP contribution in [0, 0.1) is 13.8 Å². The van der Waals surface area contributed by atoms with Gasteiger partial charge in [-0.25, -0.2) is 4.98 Å². The average Bonchev–Trinajstić information content (AvgIpc) is 2.92. The zero-order valence-corrected chi connectivity index (χ0v) is 14.2. The maximum absolute atomic E-state index is 6.13. The monoisotopic (exact) mass is 345 g/mol. The van der Waals surface area contributed by atoms with Crippen LogP contribution in [0.2, 0.25) is 5.02 Å². The molecular formula is C16H16ClN5O2. The van der Waals surface area contributed by atoms with Crippen LogP contribution in [0.1, 0.15) is 11.5 Å². The number of nitrogens with zero attached hydrogens (tertiary/aromatic N) is 3. The molecule has 0 bridgehead atoms. The Morgan fingerprint density at radius 1 is 1.04 bits per heavy atom. The molecule has 0 unspecified atom stereocenters. The van der Waals surface area contributed by atoms with Crippen molar-refractivity contribution in [3.05, 3.63) is 46.8 Å². The maximum Gasteiger partial charge on any atom is 0.229 e. The van der Waals surface area contributed by atoms with E-state index in [0.717, 1.165) is 17.1 Å². The van der Waals surface area contributed by atoms with E-state index >= 15 is 0 Å². The number of benzene rings is 1. The van der Waals surface area contributed by atoms with Gasteiger partial charge in [0.05, 0.1) is 12.1 Å². The zero-order valence-electron chi connectivity index (χ0n) is 13.4. The van der Waals surface area contributed by atoms with Crippen molar-refractivity contribution >= 4 is 34.9 Å². The Bertz CT molecular complexity index is 865. The van der Waals surface area contributed by atoms with Crippen molar-refractivity contribution in [2.45, 2.75) is 13.8 Å². The van der Waals surface area contributed by atoms with Crippen LogP contribution in [-0.2, 0) is 0 Å². The Balaban J connectivity index is 1.82. The predicted octanol–water partition coefficient (Wildman–Crippen LogP) is 4.23. The molecular weight excluding hydrogens is 330 g/mol. The second-order valence-corrected chi connectivity index (χ2v) is 5.55. The van der Waals surface area contributed by atoms with Crippen LogP contribution in [-0.4, -0.2) is 22.2 Å². The second kappa shape index (κ2) is 6.76. The summed E-state index contributed by atoms with van der Waals surface area (Å²) in [7, 11) is 1.57. The molecule has 0 amide bonds. The summed E-state index contributed by atoms with van der Waals surface area (Å²) >= 11 is 6.13. The number of anilines is 4. The molecule has 0 saturated heterocycles. The van der Waals surface area contributed by atoms with Crippen LogP contribution in [0.4, 0.5) is 23.3 Å². The Morgan fingerprint density at radius 2 is 1.88 bits per heavy atom. The third kappa shape index (κ3) is 3.75. The van der Waals surface area contributed by atoms with Gasteiger partial charge >= 0.3 is 0 Å². The highest BCUT2D eigenvalue weighted by Crippen LogP contribution is 2.28. The molecule has 2 aromatic heterocycles. The molecule has 8 heteroatoms. The minimum Gasteiger partial charge on any atom is -0.495 e. The minimum atomic E-state index is 0.443. The zero-order chi connectivity index (χ0) is 17.1. The van der Waals surface area contributed by atoms with E-state index in [1.807, 2.05) is 26.0 Å². The Morgan fingerprint density at radius 3 is 2.54 bits per heavy atom. The van der Waals surface area contributed by atoms with E-state index in [-0.39, 0.29) is 0 Å². The summed E-state index contributed by atoms with van der Waals surface area (Å²) in [5.74, 6) is 2.96. The van der Waals surface area contributed by atoms with E-state index in [4.69, 9.17) is 20.9 Å². The van der Waals surface area contributed by atoms with Gasteiger partial charge in [0.25, 0.3) is 0 Å². The Labute approximate surface area is 144 Å². The quantitative estimate of drug-likeness (QED) is 0.715. The van der Waals surface area contributed by atoms with Crippen molar-refractivity contribution < 1.29 is 9.26 Å². The normalized spacial score (nSPS) is 10.5. The van der Waals surface area contributed by atoms with Gasteiger partial charge in [-0.15, -0.1) is 0 Å². The molecule has 3 rings (SSSR count). The summed E-state index contributed by atoms with van der Waals surface area (Å²) in [5, 5.41) is 10.6. The standard InChI is InChI=1S/C16H16ClN5O2/c1-9-6-14(20-15-7-10(2)24-22-15)21-16(18-9)19-11-4-5-13(23-3)12(17)8-11/h4-8H,1-3H3,(H2,18,19,20,21,22). The number of hydrogen-bond acceptors (Lipinski definition) is 7. The van der Waals surface area contributed by atoms with E-state index in [0.29, 0.717) is 28.4 Å². The van der Waals surface area contributed by atoms with Crippen molar-refractivity contribution in [1.29, 1.82) is 0 Å². The second-order valence-electron chi connectivity index (χ2n) is 5.14. The summed E-state index contributed by atoms with van der Waals surface area (Å²) < 4.78 is 10.2. The molecule has 7 nitrogen and oxygen atoms in total. The molecule has 24 heavy (non-hydrogen) atoms. The van der Waals surface area contributed by atoms with Crippen molar-refractivity contribution in [2.24, 2.45) is 0 Å². The van der Waals surface area contributed by atoms with Gasteiger partial charge in [-0.2, -0.15) is 4.98 Å². The van der Waals surface area contributed by atoms with E-state index in [1.54, 1.807) is 25.3 Å². The molecule has 0 aliphatic heterocycles. The third-order valence-electron chi connectivity index (χ3n) is 3.15. The lowest BCUT2D eigenvalue weighted by Crippen LogP contribution is -2.02. The van der Waals surface area contributed by atoms with Gasteiger partial charge in [0, 0.05) is 23.5 Å². The first-order valence-electron chi connectivity index (χ1n) is 7.20. The fourth-order valence-electron chi connectivity index (χ4n) is 2.12. The molecule has 0 aliphatic carbocycles. The first kappa shape index (κ1) is 16.1. The van der Waals surface area contributed by atoms with Gasteiger partial charge < -0.3 is 19.9 Å². The summed E-state index contributed by atoms with van der Waals surface area (Å²) in [6, 6.07) is 8.96. The van der Waals surface area contributed by atoms with E-state index in [1.165, 1.54) is 0 Å². The van der Waals surface area contributed by atoms with Crippen molar-refractivity contribution in [1.82, 2.24) is 15.1 Å². The van der Waals surface area contributed by atoms with Gasteiger partial charge in [-0.1, -0.05) is 16.8 Å². The molecule has 0 radical (unpaired) electrons. The molecule has 3 aromatic rings. The molecule has 0 aliphatic rings. The topological polar surface area (TPSA) is 85.1 Å². The molecule has 1 aromatic carbocycles. The van der Waals surface area contributed by atoms with Crippen molar-refractivity contribution in [3.8, 4) is 5.75 Å². The number of aryl methyl sites for hydroxylation is 2. The fraction of sp³-hybridized carbons (Fsp3) is 0.188. The number of hydrogen-bond donors (Lipinski definition) is 2. The van der Waals surface area contributed by atoms with Gasteiger partial charge in [0.1, 0.15) is 17.3 Å². The molecule has 0 atom stereocenters. The molecule has 0 saturated carbocycles. The van der Waals surface area contributed by atoms with E-state index < -0.39 is 0 Å². The number of aromatic nitrogens is 3. The lowest BCUT2D eigenvalue weighted by molar-refractivity contribution is 0.400. The SMILES string of the molecule is COc1ccc(Nc2nc(C)cc(Nc3cc(C)on3)n2)cc1Cl. The van der Waals surface area contributed by atoms with Crippen LogP contribution < -0.4 is 15.4 Å². The first-order valence-corrected chi connectivity index (χ1v) is 7.58. The minimum absolute atomic E-state index is 0.443. The Hall–Kier alpha value is -2.80. The lowest BCUT2D eigenvalue weighted by Gasteiger charge is -2.10. The highest BCUT2D eigenvalue weighted by molar-refractivity contribution is 6.32. The molecule has 0 fully saturated rings. The van der Waals surface area contributed by atoms with Crippen LogP contribution in [0.3, 0.4) is 0 Å². The number of rotatable bonds is 5. The summed E-state index contributed by atoms with van der Waals surface area (Å²) in [4.78, 5) is 8.78. The molecule has 2 N–H and O–H groups in total. The van der Waals surface area contributed by atoms with Crippen LogP contribution in [0.25, 0.3) is 0 Å². The third-order valence-corrected chi connectivity index (χ3v) is 3.44. The smallest absolute Gasteiger partial charge is 0.229 e. The van der Waals surface area contributed by atoms with Gasteiger partial charge in [0.2, 0.25) is 5.95 Å². The van der Waals surface area contributed by atoms with E-state index in [9.17, 15) is 0 Å². The number of ether oxygens (including phenoxy) is 1. The molecule has 2 heterocycles.